The van der Waals surface area contributed by atoms with Crippen LogP contribution in [0, 0.1) is 0 Å². The zero-order chi connectivity index (χ0) is 21.8. The molecule has 4 heteroatoms. The van der Waals surface area contributed by atoms with Crippen LogP contribution in [0.15, 0.2) is 93.9 Å². The van der Waals surface area contributed by atoms with Crippen LogP contribution in [-0.2, 0) is 12.8 Å². The molecule has 0 amide bonds. The van der Waals surface area contributed by atoms with Gasteiger partial charge in [0.25, 0.3) is 0 Å². The number of benzene rings is 4. The molecule has 2 N–H and O–H groups in total. The molecular weight excluding hydrogens is 516 g/mol. The largest absolute Gasteiger partial charge is 0.506 e. The van der Waals surface area contributed by atoms with Crippen molar-refractivity contribution < 1.29 is 10.2 Å². The summed E-state index contributed by atoms with van der Waals surface area (Å²) in [6.07, 6.45) is 2.73. The van der Waals surface area contributed by atoms with E-state index in [1.165, 1.54) is 11.1 Å². The van der Waals surface area contributed by atoms with E-state index >= 15 is 0 Å². The first kappa shape index (κ1) is 21.7. The highest BCUT2D eigenvalue weighted by atomic mass is 79.9. The molecule has 0 heterocycles. The number of aromatic hydroxyl groups is 2. The van der Waals surface area contributed by atoms with E-state index in [2.05, 4.69) is 44.0 Å². The van der Waals surface area contributed by atoms with E-state index < -0.39 is 0 Å². The van der Waals surface area contributed by atoms with E-state index in [9.17, 15) is 10.2 Å². The maximum Gasteiger partial charge on any atom is 0.137 e. The minimum absolute atomic E-state index is 0.268. The molecule has 0 radical (unpaired) electrons. The van der Waals surface area contributed by atoms with Crippen LogP contribution in [0.25, 0.3) is 22.3 Å². The van der Waals surface area contributed by atoms with Crippen molar-refractivity contribution in [2.45, 2.75) is 19.3 Å². The fourth-order valence-electron chi connectivity index (χ4n) is 3.77. The summed E-state index contributed by atoms with van der Waals surface area (Å²) in [5.74, 6) is 0.537. The Hall–Kier alpha value is -2.56. The summed E-state index contributed by atoms with van der Waals surface area (Å²) < 4.78 is 1.42. The second kappa shape index (κ2) is 9.71. The summed E-state index contributed by atoms with van der Waals surface area (Å²) in [6.45, 7) is 0. The van der Waals surface area contributed by atoms with E-state index in [0.717, 1.165) is 41.5 Å². The summed E-state index contributed by atoms with van der Waals surface area (Å²) in [5, 5.41) is 21.0. The predicted octanol–water partition coefficient (Wildman–Crippen LogP) is 8.13. The number of hydrogen-bond donors (Lipinski definition) is 2. The molecule has 156 valence electrons. The maximum absolute atomic E-state index is 10.5. The van der Waals surface area contributed by atoms with Crippen molar-refractivity contribution in [3.63, 3.8) is 0 Å². The summed E-state index contributed by atoms with van der Waals surface area (Å²) in [5.41, 5.74) is 6.01. The summed E-state index contributed by atoms with van der Waals surface area (Å²) in [6, 6.07) is 28.0. The van der Waals surface area contributed by atoms with E-state index in [0.29, 0.717) is 8.95 Å². The van der Waals surface area contributed by atoms with E-state index in [4.69, 9.17) is 0 Å². The van der Waals surface area contributed by atoms with Crippen molar-refractivity contribution in [2.24, 2.45) is 0 Å². The van der Waals surface area contributed by atoms with E-state index in [1.54, 1.807) is 0 Å². The first-order valence-corrected chi connectivity index (χ1v) is 11.7. The average molecular weight is 538 g/mol. The lowest BCUT2D eigenvalue weighted by Gasteiger charge is -2.12. The molecule has 31 heavy (non-hydrogen) atoms. The molecule has 0 aliphatic rings. The van der Waals surface area contributed by atoms with Gasteiger partial charge in [0.1, 0.15) is 11.5 Å². The van der Waals surface area contributed by atoms with Crippen LogP contribution in [0.3, 0.4) is 0 Å². The highest BCUT2D eigenvalue weighted by Crippen LogP contribution is 2.38. The minimum Gasteiger partial charge on any atom is -0.506 e. The molecule has 0 bridgehead atoms. The Balaban J connectivity index is 1.53. The van der Waals surface area contributed by atoms with Gasteiger partial charge in [-0.15, -0.1) is 0 Å². The van der Waals surface area contributed by atoms with Gasteiger partial charge < -0.3 is 10.2 Å². The van der Waals surface area contributed by atoms with Crippen molar-refractivity contribution in [2.75, 3.05) is 0 Å². The van der Waals surface area contributed by atoms with Gasteiger partial charge in [-0.2, -0.15) is 0 Å². The second-order valence-corrected chi connectivity index (χ2v) is 9.24. The highest BCUT2D eigenvalue weighted by Gasteiger charge is 2.12. The van der Waals surface area contributed by atoms with Gasteiger partial charge in [-0.25, -0.2) is 0 Å². The Labute approximate surface area is 199 Å². The molecule has 0 unspecified atom stereocenters. The molecule has 4 aromatic carbocycles. The Kier molecular flexibility index (Phi) is 6.79. The first-order chi connectivity index (χ1) is 15.0. The van der Waals surface area contributed by atoms with Gasteiger partial charge in [0.2, 0.25) is 0 Å². The normalized spacial score (nSPS) is 10.9. The topological polar surface area (TPSA) is 40.5 Å². The number of halogens is 2. The smallest absolute Gasteiger partial charge is 0.137 e. The van der Waals surface area contributed by atoms with Crippen LogP contribution in [0.4, 0.5) is 0 Å². The summed E-state index contributed by atoms with van der Waals surface area (Å²) in [7, 11) is 0. The van der Waals surface area contributed by atoms with Gasteiger partial charge >= 0.3 is 0 Å². The third kappa shape index (κ3) is 5.03. The summed E-state index contributed by atoms with van der Waals surface area (Å²) in [4.78, 5) is 0. The Morgan fingerprint density at radius 3 is 1.32 bits per heavy atom. The van der Waals surface area contributed by atoms with Crippen molar-refractivity contribution in [1.29, 1.82) is 0 Å². The van der Waals surface area contributed by atoms with Crippen molar-refractivity contribution in [1.82, 2.24) is 0 Å². The van der Waals surface area contributed by atoms with Crippen molar-refractivity contribution in [3.8, 4) is 33.8 Å². The van der Waals surface area contributed by atoms with Gasteiger partial charge in [0.15, 0.2) is 0 Å². The summed E-state index contributed by atoms with van der Waals surface area (Å²) >= 11 is 7.00. The third-order valence-electron chi connectivity index (χ3n) is 5.35. The number of rotatable bonds is 6. The molecule has 4 rings (SSSR count). The molecule has 0 atom stereocenters. The minimum atomic E-state index is 0.268. The monoisotopic (exact) mass is 536 g/mol. The molecule has 0 aromatic heterocycles. The van der Waals surface area contributed by atoms with Crippen LogP contribution in [0.2, 0.25) is 0 Å². The van der Waals surface area contributed by atoms with Crippen LogP contribution in [0.5, 0.6) is 11.5 Å². The predicted molar refractivity (Wildman–Crippen MR) is 135 cm³/mol. The quantitative estimate of drug-likeness (QED) is 0.260. The fraction of sp³-hybridized carbons (Fsp3) is 0.111. The molecule has 0 aliphatic carbocycles. The fourth-order valence-corrected chi connectivity index (χ4v) is 4.79. The lowest BCUT2D eigenvalue weighted by Crippen LogP contribution is -1.93. The molecule has 0 aliphatic heterocycles. The van der Waals surface area contributed by atoms with Crippen LogP contribution >= 0.6 is 31.9 Å². The zero-order valence-electron chi connectivity index (χ0n) is 16.9. The van der Waals surface area contributed by atoms with Crippen LogP contribution in [0.1, 0.15) is 17.5 Å². The van der Waals surface area contributed by atoms with Gasteiger partial charge in [-0.3, -0.25) is 0 Å². The lowest BCUT2D eigenvalue weighted by atomic mass is 9.96. The van der Waals surface area contributed by atoms with Gasteiger partial charge in [0, 0.05) is 11.1 Å². The number of phenolic OH excluding ortho intramolecular Hbond substituents is 2. The SMILES string of the molecule is Oc1c(Br)cc(CCCc2cc(Br)c(O)c(-c3ccccc3)c2)cc1-c1ccccc1. The Bertz CT molecular complexity index is 1090. The van der Waals surface area contributed by atoms with Gasteiger partial charge in [-0.05, 0) is 97.6 Å². The molecule has 0 fully saturated rings. The van der Waals surface area contributed by atoms with E-state index in [-0.39, 0.29) is 11.5 Å². The van der Waals surface area contributed by atoms with Crippen LogP contribution in [-0.4, -0.2) is 10.2 Å². The van der Waals surface area contributed by atoms with Crippen molar-refractivity contribution >= 4 is 31.9 Å². The van der Waals surface area contributed by atoms with E-state index in [1.807, 2.05) is 72.8 Å². The average Bonchev–Trinajstić information content (AvgIpc) is 2.79. The van der Waals surface area contributed by atoms with Gasteiger partial charge in [-0.1, -0.05) is 60.7 Å². The Morgan fingerprint density at radius 2 is 0.935 bits per heavy atom. The molecular formula is C27H22Br2O2. The molecule has 0 spiro atoms. The van der Waals surface area contributed by atoms with Gasteiger partial charge in [0.05, 0.1) is 8.95 Å². The van der Waals surface area contributed by atoms with Crippen LogP contribution < -0.4 is 0 Å². The maximum atomic E-state index is 10.5. The number of aryl methyl sites for hydroxylation is 2. The molecule has 0 saturated carbocycles. The zero-order valence-corrected chi connectivity index (χ0v) is 20.0. The molecule has 2 nitrogen and oxygen atoms in total. The molecule has 0 saturated heterocycles. The second-order valence-electron chi connectivity index (χ2n) is 7.53. The van der Waals surface area contributed by atoms with Crippen molar-refractivity contribution in [3.05, 3.63) is 105 Å². The highest BCUT2D eigenvalue weighted by molar-refractivity contribution is 9.10. The number of hydrogen-bond acceptors (Lipinski definition) is 2. The third-order valence-corrected chi connectivity index (χ3v) is 6.56. The Morgan fingerprint density at radius 1 is 0.548 bits per heavy atom. The first-order valence-electron chi connectivity index (χ1n) is 10.2. The standard InChI is InChI=1S/C27H22Br2O2/c28-24-16-18(14-22(26(24)30)20-10-3-1-4-11-20)8-7-9-19-15-23(27(31)25(29)17-19)21-12-5-2-6-13-21/h1-6,10-17,30-31H,7-9H2. The lowest BCUT2D eigenvalue weighted by molar-refractivity contribution is 0.473. The molecule has 4 aromatic rings. The number of phenols is 2.